The van der Waals surface area contributed by atoms with Gasteiger partial charge < -0.3 is 15.2 Å². The number of amides is 1. The van der Waals surface area contributed by atoms with Crippen LogP contribution in [0.4, 0.5) is 5.69 Å². The van der Waals surface area contributed by atoms with E-state index in [1.807, 2.05) is 51.0 Å². The number of hydrogen-bond donors (Lipinski definition) is 2. The highest BCUT2D eigenvalue weighted by atomic mass is 32.1. The molecule has 3 aromatic rings. The Balaban J connectivity index is 2.01. The summed E-state index contributed by atoms with van der Waals surface area (Å²) < 4.78 is 0. The van der Waals surface area contributed by atoms with E-state index in [1.54, 1.807) is 6.92 Å². The zero-order chi connectivity index (χ0) is 19.0. The summed E-state index contributed by atoms with van der Waals surface area (Å²) in [7, 11) is 3.82. The summed E-state index contributed by atoms with van der Waals surface area (Å²) in [5.41, 5.74) is 3.39. The van der Waals surface area contributed by atoms with Crippen LogP contribution in [-0.4, -0.2) is 34.9 Å². The van der Waals surface area contributed by atoms with Crippen LogP contribution >= 0.6 is 11.3 Å². The fourth-order valence-corrected chi connectivity index (χ4v) is 3.94. The number of aryl methyl sites for hydroxylation is 2. The number of aromatic nitrogens is 2. The number of fused-ring (bicyclic) bond motifs is 1. The molecule has 3 rings (SSSR count). The van der Waals surface area contributed by atoms with Gasteiger partial charge in [-0.05, 0) is 57.6 Å². The highest BCUT2D eigenvalue weighted by Gasteiger charge is 2.20. The van der Waals surface area contributed by atoms with Crippen molar-refractivity contribution in [3.8, 4) is 0 Å². The number of benzene rings is 1. The van der Waals surface area contributed by atoms with E-state index in [1.165, 1.54) is 11.3 Å². The average molecular weight is 370 g/mol. The van der Waals surface area contributed by atoms with Crippen LogP contribution in [0.3, 0.4) is 0 Å². The van der Waals surface area contributed by atoms with E-state index >= 15 is 0 Å². The van der Waals surface area contributed by atoms with Gasteiger partial charge in [0.05, 0.1) is 16.8 Å². The van der Waals surface area contributed by atoms with Crippen LogP contribution in [0.15, 0.2) is 23.0 Å². The molecule has 0 atom stereocenters. The Labute approximate surface area is 155 Å². The van der Waals surface area contributed by atoms with Crippen LogP contribution in [0.25, 0.3) is 10.2 Å². The Morgan fingerprint density at radius 3 is 2.65 bits per heavy atom. The van der Waals surface area contributed by atoms with Crippen LogP contribution in [0.2, 0.25) is 0 Å². The normalized spacial score (nSPS) is 11.3. The molecule has 0 bridgehead atoms. The monoisotopic (exact) mass is 370 g/mol. The molecular formula is C19H22N4O2S. The van der Waals surface area contributed by atoms with E-state index in [0.29, 0.717) is 33.0 Å². The second-order valence-corrected chi connectivity index (χ2v) is 7.69. The highest BCUT2D eigenvalue weighted by molar-refractivity contribution is 7.20. The van der Waals surface area contributed by atoms with Gasteiger partial charge in [-0.1, -0.05) is 12.1 Å². The Bertz CT molecular complexity index is 1050. The molecule has 2 aromatic heterocycles. The predicted octanol–water partition coefficient (Wildman–Crippen LogP) is 3.22. The maximum atomic E-state index is 12.8. The molecule has 7 heteroatoms. The smallest absolute Gasteiger partial charge is 0.266 e. The topological polar surface area (TPSA) is 78.1 Å². The molecule has 0 saturated carbocycles. The van der Waals surface area contributed by atoms with Gasteiger partial charge >= 0.3 is 0 Å². The number of anilines is 1. The van der Waals surface area contributed by atoms with Gasteiger partial charge in [0.15, 0.2) is 0 Å². The van der Waals surface area contributed by atoms with Gasteiger partial charge in [0.2, 0.25) is 0 Å². The van der Waals surface area contributed by atoms with E-state index < -0.39 is 0 Å². The second kappa shape index (κ2) is 7.01. The molecule has 0 aliphatic carbocycles. The Morgan fingerprint density at radius 2 is 1.96 bits per heavy atom. The van der Waals surface area contributed by atoms with Crippen molar-refractivity contribution in [1.29, 1.82) is 0 Å². The minimum atomic E-state index is -0.215. The summed E-state index contributed by atoms with van der Waals surface area (Å²) >= 11 is 1.26. The van der Waals surface area contributed by atoms with E-state index in [9.17, 15) is 9.59 Å². The van der Waals surface area contributed by atoms with E-state index in [-0.39, 0.29) is 11.5 Å². The molecule has 1 aromatic carbocycles. The molecule has 0 fully saturated rings. The van der Waals surface area contributed by atoms with Gasteiger partial charge in [0, 0.05) is 5.69 Å². The van der Waals surface area contributed by atoms with Crippen molar-refractivity contribution in [1.82, 2.24) is 14.9 Å². The Morgan fingerprint density at radius 1 is 1.23 bits per heavy atom. The fraction of sp³-hybridized carbons (Fsp3) is 0.316. The lowest BCUT2D eigenvalue weighted by Gasteiger charge is -2.09. The molecule has 1 amide bonds. The van der Waals surface area contributed by atoms with Crippen LogP contribution in [-0.2, 0) is 6.54 Å². The molecular weight excluding hydrogens is 348 g/mol. The second-order valence-electron chi connectivity index (χ2n) is 6.69. The summed E-state index contributed by atoms with van der Waals surface area (Å²) in [6.07, 6.45) is 0. The van der Waals surface area contributed by atoms with Crippen molar-refractivity contribution >= 4 is 33.1 Å². The first-order chi connectivity index (χ1) is 12.3. The first-order valence-corrected chi connectivity index (χ1v) is 9.14. The first kappa shape index (κ1) is 18.3. The minimum absolute atomic E-state index is 0.202. The number of H-pyrrole nitrogens is 1. The summed E-state index contributed by atoms with van der Waals surface area (Å²) in [5, 5.41) is 3.45. The maximum absolute atomic E-state index is 12.8. The van der Waals surface area contributed by atoms with Gasteiger partial charge in [-0.2, -0.15) is 0 Å². The third kappa shape index (κ3) is 3.40. The summed E-state index contributed by atoms with van der Waals surface area (Å²) in [4.78, 5) is 35.6. The highest BCUT2D eigenvalue weighted by Crippen LogP contribution is 2.28. The molecule has 26 heavy (non-hydrogen) atoms. The summed E-state index contributed by atoms with van der Waals surface area (Å²) in [6, 6.07) is 5.80. The van der Waals surface area contributed by atoms with Crippen molar-refractivity contribution in [2.24, 2.45) is 0 Å². The molecule has 0 saturated heterocycles. The number of carbonyl (C=O) groups excluding carboxylic acids is 1. The van der Waals surface area contributed by atoms with E-state index in [2.05, 4.69) is 15.3 Å². The van der Waals surface area contributed by atoms with Crippen LogP contribution < -0.4 is 10.9 Å². The molecule has 0 spiro atoms. The molecule has 0 unspecified atom stereocenters. The first-order valence-electron chi connectivity index (χ1n) is 8.32. The zero-order valence-electron chi connectivity index (χ0n) is 15.6. The van der Waals surface area contributed by atoms with Crippen LogP contribution in [0, 0.1) is 20.8 Å². The van der Waals surface area contributed by atoms with Gasteiger partial charge in [-0.3, -0.25) is 9.59 Å². The molecule has 6 nitrogen and oxygen atoms in total. The SMILES string of the molecule is Cc1cccc(NC(=O)c2sc3nc(CN(C)C)[nH]c(=O)c3c2C)c1C. The number of aromatic amines is 1. The quantitative estimate of drug-likeness (QED) is 0.739. The number of nitrogens with one attached hydrogen (secondary N) is 2. The van der Waals surface area contributed by atoms with Gasteiger partial charge in [0.1, 0.15) is 10.7 Å². The Kier molecular flexibility index (Phi) is 4.93. The number of rotatable bonds is 4. The summed E-state index contributed by atoms with van der Waals surface area (Å²) in [6.45, 7) is 6.31. The largest absolute Gasteiger partial charge is 0.321 e. The number of carbonyl (C=O) groups is 1. The summed E-state index contributed by atoms with van der Waals surface area (Å²) in [5.74, 6) is 0.378. The lowest BCUT2D eigenvalue weighted by molar-refractivity contribution is 0.103. The van der Waals surface area contributed by atoms with E-state index in [0.717, 1.165) is 16.8 Å². The van der Waals surface area contributed by atoms with Crippen molar-refractivity contribution in [2.45, 2.75) is 27.3 Å². The molecule has 2 heterocycles. The average Bonchev–Trinajstić information content (AvgIpc) is 2.88. The zero-order valence-corrected chi connectivity index (χ0v) is 16.4. The van der Waals surface area contributed by atoms with Crippen molar-refractivity contribution in [3.05, 3.63) is 55.9 Å². The van der Waals surface area contributed by atoms with Crippen LogP contribution in [0.5, 0.6) is 0 Å². The standard InChI is InChI=1S/C19H22N4O2S/c1-10-7-6-8-13(11(10)2)20-18(25)16-12(3)15-17(24)21-14(9-23(4)5)22-19(15)26-16/h6-8H,9H2,1-5H3,(H,20,25)(H,21,22,24). The number of hydrogen-bond acceptors (Lipinski definition) is 5. The van der Waals surface area contributed by atoms with Crippen LogP contribution in [0.1, 0.15) is 32.2 Å². The molecule has 0 aliphatic heterocycles. The van der Waals surface area contributed by atoms with Gasteiger partial charge in [0.25, 0.3) is 11.5 Å². The molecule has 136 valence electrons. The van der Waals surface area contributed by atoms with Crippen molar-refractivity contribution < 1.29 is 4.79 Å². The number of nitrogens with zero attached hydrogens (tertiary/aromatic N) is 2. The van der Waals surface area contributed by atoms with Gasteiger partial charge in [-0.25, -0.2) is 4.98 Å². The lowest BCUT2D eigenvalue weighted by Crippen LogP contribution is -2.18. The fourth-order valence-electron chi connectivity index (χ4n) is 2.85. The predicted molar refractivity (Wildman–Crippen MR) is 106 cm³/mol. The van der Waals surface area contributed by atoms with Crippen molar-refractivity contribution in [2.75, 3.05) is 19.4 Å². The van der Waals surface area contributed by atoms with Gasteiger partial charge in [-0.15, -0.1) is 11.3 Å². The maximum Gasteiger partial charge on any atom is 0.266 e. The third-order valence-electron chi connectivity index (χ3n) is 4.37. The molecule has 0 aliphatic rings. The van der Waals surface area contributed by atoms with E-state index in [4.69, 9.17) is 0 Å². The minimum Gasteiger partial charge on any atom is -0.321 e. The molecule has 0 radical (unpaired) electrons. The third-order valence-corrected chi connectivity index (χ3v) is 5.56. The van der Waals surface area contributed by atoms with Crippen molar-refractivity contribution in [3.63, 3.8) is 0 Å². The molecule has 2 N–H and O–H groups in total. The Hall–Kier alpha value is -2.51. The number of thiophene rings is 1. The lowest BCUT2D eigenvalue weighted by atomic mass is 10.1.